The Kier molecular flexibility index (Phi) is 6.59. The van der Waals surface area contributed by atoms with Crippen LogP contribution in [0.25, 0.3) is 0 Å². The Morgan fingerprint density at radius 1 is 1.15 bits per heavy atom. The lowest BCUT2D eigenvalue weighted by Gasteiger charge is -2.10. The van der Waals surface area contributed by atoms with Crippen molar-refractivity contribution in [2.24, 2.45) is 0 Å². The molecule has 0 aromatic heterocycles. The molecule has 6 nitrogen and oxygen atoms in total. The van der Waals surface area contributed by atoms with Crippen LogP contribution in [0.2, 0.25) is 10.0 Å². The number of alkyl halides is 2. The molecule has 2 aromatic rings. The lowest BCUT2D eigenvalue weighted by molar-refractivity contribution is -0.119. The molecule has 1 amide bonds. The Bertz CT molecular complexity index is 832. The molecule has 0 fully saturated rings. The second-order valence-electron chi connectivity index (χ2n) is 4.81. The standard InChI is InChI=1S/C16H11Cl2F2NO5/c17-8-1-3-10(12(22)5-8)15(24)25-7-14(23)21-9-2-4-13(11(18)6-9)26-16(19)20/h1-6,16,22H,7H2,(H,21,23). The van der Waals surface area contributed by atoms with Crippen molar-refractivity contribution in [3.63, 3.8) is 0 Å². The fraction of sp³-hybridized carbons (Fsp3) is 0.125. The predicted molar refractivity (Wildman–Crippen MR) is 90.1 cm³/mol. The number of phenols is 1. The molecule has 2 N–H and O–H groups in total. The molecule has 26 heavy (non-hydrogen) atoms. The van der Waals surface area contributed by atoms with Gasteiger partial charge in [0.25, 0.3) is 5.91 Å². The van der Waals surface area contributed by atoms with Gasteiger partial charge in [-0.05, 0) is 36.4 Å². The van der Waals surface area contributed by atoms with E-state index in [4.69, 9.17) is 27.9 Å². The van der Waals surface area contributed by atoms with Crippen LogP contribution >= 0.6 is 23.2 Å². The number of amides is 1. The Balaban J connectivity index is 1.92. The van der Waals surface area contributed by atoms with Crippen LogP contribution in [0.1, 0.15) is 10.4 Å². The van der Waals surface area contributed by atoms with Gasteiger partial charge in [0.05, 0.1) is 5.02 Å². The molecule has 0 radical (unpaired) electrons. The van der Waals surface area contributed by atoms with E-state index in [9.17, 15) is 23.5 Å². The highest BCUT2D eigenvalue weighted by atomic mass is 35.5. The van der Waals surface area contributed by atoms with Crippen LogP contribution in [0.3, 0.4) is 0 Å². The minimum absolute atomic E-state index is 0.133. The van der Waals surface area contributed by atoms with Crippen molar-refractivity contribution in [1.29, 1.82) is 0 Å². The number of ether oxygens (including phenoxy) is 2. The number of carbonyl (C=O) groups is 2. The third kappa shape index (κ3) is 5.47. The predicted octanol–water partition coefficient (Wildman–Crippen LogP) is 4.10. The lowest BCUT2D eigenvalue weighted by atomic mass is 10.2. The molecule has 10 heteroatoms. The summed E-state index contributed by atoms with van der Waals surface area (Å²) in [5.74, 6) is -2.26. The maximum Gasteiger partial charge on any atom is 0.387 e. The van der Waals surface area contributed by atoms with E-state index < -0.39 is 25.1 Å². The Morgan fingerprint density at radius 3 is 2.50 bits per heavy atom. The first-order valence-corrected chi connectivity index (χ1v) is 7.71. The number of hydrogen-bond acceptors (Lipinski definition) is 5. The van der Waals surface area contributed by atoms with Crippen molar-refractivity contribution < 1.29 is 33.0 Å². The fourth-order valence-corrected chi connectivity index (χ4v) is 2.24. The second kappa shape index (κ2) is 8.68. The number of phenolic OH excluding ortho intramolecular Hbond substituents is 1. The van der Waals surface area contributed by atoms with Gasteiger partial charge in [-0.1, -0.05) is 23.2 Å². The highest BCUT2D eigenvalue weighted by Gasteiger charge is 2.15. The number of rotatable bonds is 6. The molecule has 138 valence electrons. The highest BCUT2D eigenvalue weighted by Crippen LogP contribution is 2.29. The van der Waals surface area contributed by atoms with Gasteiger partial charge in [-0.25, -0.2) is 4.79 Å². The van der Waals surface area contributed by atoms with E-state index in [1.165, 1.54) is 24.3 Å². The zero-order valence-electron chi connectivity index (χ0n) is 12.8. The molecule has 0 saturated carbocycles. The summed E-state index contributed by atoms with van der Waals surface area (Å²) in [6.45, 7) is -3.68. The van der Waals surface area contributed by atoms with Crippen LogP contribution < -0.4 is 10.1 Å². The van der Waals surface area contributed by atoms with Gasteiger partial charge in [0.2, 0.25) is 0 Å². The van der Waals surface area contributed by atoms with Gasteiger partial charge < -0.3 is 19.9 Å². The average Bonchev–Trinajstić information content (AvgIpc) is 2.55. The van der Waals surface area contributed by atoms with E-state index in [0.29, 0.717) is 0 Å². The van der Waals surface area contributed by atoms with Crippen LogP contribution in [0, 0.1) is 0 Å². The lowest BCUT2D eigenvalue weighted by Crippen LogP contribution is -2.21. The van der Waals surface area contributed by atoms with Crippen molar-refractivity contribution in [1.82, 2.24) is 0 Å². The molecule has 2 rings (SSSR count). The molecule has 0 aliphatic heterocycles. The summed E-state index contributed by atoms with van der Waals surface area (Å²) in [7, 11) is 0. The number of anilines is 1. The topological polar surface area (TPSA) is 84.9 Å². The molecular weight excluding hydrogens is 395 g/mol. The SMILES string of the molecule is O=C(COC(=O)c1ccc(Cl)cc1O)Nc1ccc(OC(F)F)c(Cl)c1. The first-order valence-electron chi connectivity index (χ1n) is 6.96. The summed E-state index contributed by atoms with van der Waals surface area (Å²) < 4.78 is 33.3. The summed E-state index contributed by atoms with van der Waals surface area (Å²) >= 11 is 11.4. The summed E-state index contributed by atoms with van der Waals surface area (Å²) in [6.07, 6.45) is 0. The molecule has 0 saturated heterocycles. The molecule has 0 bridgehead atoms. The molecule has 0 aliphatic rings. The largest absolute Gasteiger partial charge is 0.507 e. The van der Waals surface area contributed by atoms with E-state index >= 15 is 0 Å². The Hall–Kier alpha value is -2.58. The molecule has 0 spiro atoms. The first kappa shape index (κ1) is 19.7. The van der Waals surface area contributed by atoms with Crippen molar-refractivity contribution in [2.45, 2.75) is 6.61 Å². The van der Waals surface area contributed by atoms with Gasteiger partial charge in [-0.2, -0.15) is 8.78 Å². The second-order valence-corrected chi connectivity index (χ2v) is 5.65. The molecular formula is C16H11Cl2F2NO5. The minimum Gasteiger partial charge on any atom is -0.507 e. The van der Waals surface area contributed by atoms with E-state index in [0.717, 1.165) is 12.1 Å². The van der Waals surface area contributed by atoms with Crippen LogP contribution in [-0.4, -0.2) is 30.2 Å². The minimum atomic E-state index is -3.03. The summed E-state index contributed by atoms with van der Waals surface area (Å²) in [5, 5.41) is 12.1. The quantitative estimate of drug-likeness (QED) is 0.706. The molecule has 0 unspecified atom stereocenters. The van der Waals surface area contributed by atoms with Crippen LogP contribution in [-0.2, 0) is 9.53 Å². The third-order valence-electron chi connectivity index (χ3n) is 2.95. The van der Waals surface area contributed by atoms with Gasteiger partial charge in [0.15, 0.2) is 6.61 Å². The fourth-order valence-electron chi connectivity index (χ4n) is 1.85. The number of hydrogen-bond donors (Lipinski definition) is 2. The number of nitrogens with one attached hydrogen (secondary N) is 1. The van der Waals surface area contributed by atoms with E-state index in [1.54, 1.807) is 0 Å². The molecule has 0 aliphatic carbocycles. The van der Waals surface area contributed by atoms with Crippen LogP contribution in [0.15, 0.2) is 36.4 Å². The Morgan fingerprint density at radius 2 is 1.88 bits per heavy atom. The zero-order valence-corrected chi connectivity index (χ0v) is 14.4. The third-order valence-corrected chi connectivity index (χ3v) is 3.48. The van der Waals surface area contributed by atoms with Crippen molar-refractivity contribution in [3.8, 4) is 11.5 Å². The summed E-state index contributed by atoms with van der Waals surface area (Å²) in [6, 6.07) is 7.42. The smallest absolute Gasteiger partial charge is 0.387 e. The van der Waals surface area contributed by atoms with Gasteiger partial charge in [0.1, 0.15) is 17.1 Å². The van der Waals surface area contributed by atoms with Crippen molar-refractivity contribution in [3.05, 3.63) is 52.0 Å². The maximum absolute atomic E-state index is 12.2. The maximum atomic E-state index is 12.2. The number of benzene rings is 2. The number of aromatic hydroxyl groups is 1. The van der Waals surface area contributed by atoms with Crippen molar-refractivity contribution >= 4 is 40.8 Å². The van der Waals surface area contributed by atoms with Gasteiger partial charge >= 0.3 is 12.6 Å². The van der Waals surface area contributed by atoms with Gasteiger partial charge in [-0.15, -0.1) is 0 Å². The van der Waals surface area contributed by atoms with Gasteiger partial charge in [-0.3, -0.25) is 4.79 Å². The summed E-state index contributed by atoms with van der Waals surface area (Å²) in [5.41, 5.74) is 0.0331. The molecule has 0 heterocycles. The summed E-state index contributed by atoms with van der Waals surface area (Å²) in [4.78, 5) is 23.6. The zero-order chi connectivity index (χ0) is 19.3. The van der Waals surface area contributed by atoms with Crippen molar-refractivity contribution in [2.75, 3.05) is 11.9 Å². The monoisotopic (exact) mass is 405 g/mol. The number of esters is 1. The van der Waals surface area contributed by atoms with E-state index in [-0.39, 0.29) is 32.8 Å². The number of carbonyl (C=O) groups excluding carboxylic acids is 2. The van der Waals surface area contributed by atoms with Crippen LogP contribution in [0.4, 0.5) is 14.5 Å². The van der Waals surface area contributed by atoms with Crippen LogP contribution in [0.5, 0.6) is 11.5 Å². The normalized spacial score (nSPS) is 10.5. The van der Waals surface area contributed by atoms with Gasteiger partial charge in [0, 0.05) is 10.7 Å². The van der Waals surface area contributed by atoms with E-state index in [2.05, 4.69) is 10.1 Å². The first-order chi connectivity index (χ1) is 12.3. The number of halogens is 4. The highest BCUT2D eigenvalue weighted by molar-refractivity contribution is 6.32. The Labute approximate surface area is 156 Å². The average molecular weight is 406 g/mol. The molecule has 0 atom stereocenters. The van der Waals surface area contributed by atoms with E-state index in [1.807, 2.05) is 0 Å². The molecule has 2 aromatic carbocycles.